The van der Waals surface area contributed by atoms with Crippen LogP contribution in [0.4, 0.5) is 0 Å². The quantitative estimate of drug-likeness (QED) is 0.865. The van der Waals surface area contributed by atoms with Crippen molar-refractivity contribution in [1.29, 1.82) is 0 Å². The van der Waals surface area contributed by atoms with Crippen LogP contribution < -0.4 is 0 Å². The largest absolute Gasteiger partial charge is 0.361 e. The average molecular weight is 256 g/mol. The molecule has 1 aromatic heterocycles. The van der Waals surface area contributed by atoms with Crippen LogP contribution in [-0.4, -0.2) is 23.0 Å². The van der Waals surface area contributed by atoms with E-state index in [4.69, 9.17) is 0 Å². The second-order valence-corrected chi connectivity index (χ2v) is 6.22. The topological polar surface area (TPSA) is 19.0 Å². The molecule has 2 aromatic rings. The lowest BCUT2D eigenvalue weighted by molar-refractivity contribution is 0.132. The van der Waals surface area contributed by atoms with Gasteiger partial charge in [0.2, 0.25) is 0 Å². The molecule has 1 atom stereocenters. The fourth-order valence-electron chi connectivity index (χ4n) is 3.34. The van der Waals surface area contributed by atoms with Crippen molar-refractivity contribution in [1.82, 2.24) is 9.88 Å². The number of hydrogen-bond donors (Lipinski definition) is 1. The van der Waals surface area contributed by atoms with Crippen molar-refractivity contribution >= 4 is 10.9 Å². The summed E-state index contributed by atoms with van der Waals surface area (Å²) in [6, 6.07) is 9.70. The molecule has 1 aliphatic heterocycles. The van der Waals surface area contributed by atoms with Gasteiger partial charge in [0.05, 0.1) is 0 Å². The monoisotopic (exact) mass is 256 g/mol. The fourth-order valence-corrected chi connectivity index (χ4v) is 3.34. The molecule has 0 unspecified atom stereocenters. The summed E-state index contributed by atoms with van der Waals surface area (Å²) in [5, 5.41) is 1.34. The van der Waals surface area contributed by atoms with E-state index in [0.717, 1.165) is 5.92 Å². The Morgan fingerprint density at radius 2 is 2.16 bits per heavy atom. The van der Waals surface area contributed by atoms with Crippen molar-refractivity contribution < 1.29 is 0 Å². The minimum absolute atomic E-state index is 0.621. The summed E-state index contributed by atoms with van der Waals surface area (Å²) in [6.45, 7) is 7.12. The van der Waals surface area contributed by atoms with E-state index in [1.54, 1.807) is 0 Å². The van der Waals surface area contributed by atoms with Crippen LogP contribution in [0.2, 0.25) is 0 Å². The molecule has 0 radical (unpaired) electrons. The molecule has 2 heteroatoms. The third-order valence-corrected chi connectivity index (χ3v) is 4.18. The number of piperidine rings is 1. The van der Waals surface area contributed by atoms with Crippen LogP contribution in [0.3, 0.4) is 0 Å². The minimum atomic E-state index is 0.621. The van der Waals surface area contributed by atoms with Crippen LogP contribution in [0.1, 0.15) is 44.7 Å². The van der Waals surface area contributed by atoms with Gasteiger partial charge in [0.15, 0.2) is 0 Å². The van der Waals surface area contributed by atoms with Gasteiger partial charge >= 0.3 is 0 Å². The zero-order valence-corrected chi connectivity index (χ0v) is 12.0. The Hall–Kier alpha value is -1.28. The number of aromatic nitrogens is 1. The summed E-state index contributed by atoms with van der Waals surface area (Å²) < 4.78 is 0. The molecule has 0 amide bonds. The van der Waals surface area contributed by atoms with Crippen molar-refractivity contribution in [2.45, 2.75) is 39.2 Å². The number of nitrogens with one attached hydrogen (secondary N) is 1. The molecule has 0 saturated carbocycles. The molecule has 0 spiro atoms. The summed E-state index contributed by atoms with van der Waals surface area (Å²) >= 11 is 0. The van der Waals surface area contributed by atoms with E-state index in [-0.39, 0.29) is 0 Å². The number of benzene rings is 1. The number of fused-ring (bicyclic) bond motifs is 1. The maximum Gasteiger partial charge on any atom is 0.0454 e. The van der Waals surface area contributed by atoms with E-state index in [1.165, 1.54) is 48.8 Å². The molecule has 3 rings (SSSR count). The van der Waals surface area contributed by atoms with Crippen molar-refractivity contribution in [3.05, 3.63) is 36.0 Å². The first-order valence-electron chi connectivity index (χ1n) is 7.55. The normalized spacial score (nSPS) is 21.3. The lowest BCUT2D eigenvalue weighted by Crippen LogP contribution is -2.36. The van der Waals surface area contributed by atoms with E-state index in [2.05, 4.69) is 48.0 Å². The molecule has 1 fully saturated rings. The smallest absolute Gasteiger partial charge is 0.0454 e. The summed E-state index contributed by atoms with van der Waals surface area (Å²) in [4.78, 5) is 5.96. The van der Waals surface area contributed by atoms with Gasteiger partial charge in [-0.2, -0.15) is 0 Å². The van der Waals surface area contributed by atoms with Crippen molar-refractivity contribution in [2.24, 2.45) is 5.92 Å². The highest BCUT2D eigenvalue weighted by Crippen LogP contribution is 2.32. The highest BCUT2D eigenvalue weighted by atomic mass is 15.2. The SMILES string of the molecule is CC(C)CN1CCCC[C@H]1c1ccc2[nH]ccc2c1. The third kappa shape index (κ3) is 2.69. The van der Waals surface area contributed by atoms with Crippen molar-refractivity contribution in [3.8, 4) is 0 Å². The van der Waals surface area contributed by atoms with Gasteiger partial charge in [0.25, 0.3) is 0 Å². The van der Waals surface area contributed by atoms with Gasteiger partial charge in [-0.25, -0.2) is 0 Å². The van der Waals surface area contributed by atoms with Gasteiger partial charge in [0.1, 0.15) is 0 Å². The minimum Gasteiger partial charge on any atom is -0.361 e. The van der Waals surface area contributed by atoms with Gasteiger partial charge in [-0.3, -0.25) is 4.90 Å². The number of nitrogens with zero attached hydrogens (tertiary/aromatic N) is 1. The Labute approximate surface area is 115 Å². The molecule has 1 saturated heterocycles. The molecule has 0 bridgehead atoms. The molecule has 1 aromatic carbocycles. The Kier molecular flexibility index (Phi) is 3.61. The standard InChI is InChI=1S/C17H24N2/c1-13(2)12-19-10-4-3-5-17(19)15-6-7-16-14(11-15)8-9-18-16/h6-9,11,13,17-18H,3-5,10,12H2,1-2H3/t17-/m0/s1. The maximum absolute atomic E-state index is 3.28. The third-order valence-electron chi connectivity index (χ3n) is 4.18. The van der Waals surface area contributed by atoms with Crippen LogP contribution in [0, 0.1) is 5.92 Å². The van der Waals surface area contributed by atoms with Crippen molar-refractivity contribution in [2.75, 3.05) is 13.1 Å². The van der Waals surface area contributed by atoms with Gasteiger partial charge < -0.3 is 4.98 Å². The second-order valence-electron chi connectivity index (χ2n) is 6.22. The zero-order chi connectivity index (χ0) is 13.2. The number of rotatable bonds is 3. The fraction of sp³-hybridized carbons (Fsp3) is 0.529. The first kappa shape index (κ1) is 12.7. The Balaban J connectivity index is 1.88. The van der Waals surface area contributed by atoms with Crippen LogP contribution in [-0.2, 0) is 0 Å². The zero-order valence-electron chi connectivity index (χ0n) is 12.0. The molecule has 1 N–H and O–H groups in total. The van der Waals surface area contributed by atoms with E-state index in [0.29, 0.717) is 6.04 Å². The Morgan fingerprint density at radius 1 is 1.26 bits per heavy atom. The Morgan fingerprint density at radius 3 is 3.00 bits per heavy atom. The van der Waals surface area contributed by atoms with Gasteiger partial charge in [-0.1, -0.05) is 26.3 Å². The lowest BCUT2D eigenvalue weighted by atomic mass is 9.93. The van der Waals surface area contributed by atoms with E-state index >= 15 is 0 Å². The molecule has 2 nitrogen and oxygen atoms in total. The number of aromatic amines is 1. The summed E-state index contributed by atoms with van der Waals surface area (Å²) in [7, 11) is 0. The summed E-state index contributed by atoms with van der Waals surface area (Å²) in [5.74, 6) is 0.747. The van der Waals surface area contributed by atoms with E-state index in [1.807, 2.05) is 6.20 Å². The number of likely N-dealkylation sites (tertiary alicyclic amines) is 1. The lowest BCUT2D eigenvalue weighted by Gasteiger charge is -2.37. The van der Waals surface area contributed by atoms with Crippen LogP contribution >= 0.6 is 0 Å². The second kappa shape index (κ2) is 5.38. The first-order chi connectivity index (χ1) is 9.24. The summed E-state index contributed by atoms with van der Waals surface area (Å²) in [5.41, 5.74) is 2.74. The first-order valence-corrected chi connectivity index (χ1v) is 7.55. The van der Waals surface area contributed by atoms with E-state index in [9.17, 15) is 0 Å². The molecular formula is C17H24N2. The van der Waals surface area contributed by atoms with Gasteiger partial charge in [-0.05, 0) is 54.5 Å². The average Bonchev–Trinajstić information content (AvgIpc) is 2.86. The number of hydrogen-bond acceptors (Lipinski definition) is 1. The van der Waals surface area contributed by atoms with E-state index < -0.39 is 0 Å². The van der Waals surface area contributed by atoms with Crippen LogP contribution in [0.15, 0.2) is 30.5 Å². The molecule has 1 aliphatic rings. The predicted octanol–water partition coefficient (Wildman–Crippen LogP) is 4.35. The molecule has 2 heterocycles. The highest BCUT2D eigenvalue weighted by Gasteiger charge is 2.24. The maximum atomic E-state index is 3.28. The highest BCUT2D eigenvalue weighted by molar-refractivity contribution is 5.80. The van der Waals surface area contributed by atoms with Crippen LogP contribution in [0.25, 0.3) is 10.9 Å². The number of H-pyrrole nitrogens is 1. The van der Waals surface area contributed by atoms with Crippen LogP contribution in [0.5, 0.6) is 0 Å². The molecule has 19 heavy (non-hydrogen) atoms. The molecule has 0 aliphatic carbocycles. The molecule has 102 valence electrons. The van der Waals surface area contributed by atoms with Crippen molar-refractivity contribution in [3.63, 3.8) is 0 Å². The predicted molar refractivity (Wildman–Crippen MR) is 81.3 cm³/mol. The summed E-state index contributed by atoms with van der Waals surface area (Å²) in [6.07, 6.45) is 6.06. The van der Waals surface area contributed by atoms with Gasteiger partial charge in [-0.15, -0.1) is 0 Å². The Bertz CT molecular complexity index is 541. The van der Waals surface area contributed by atoms with Gasteiger partial charge in [0, 0.05) is 24.3 Å². The molecular weight excluding hydrogens is 232 g/mol.